The van der Waals surface area contributed by atoms with Crippen molar-refractivity contribution in [3.8, 4) is 0 Å². The van der Waals surface area contributed by atoms with Gasteiger partial charge < -0.3 is 5.11 Å². The molecule has 1 aromatic carbocycles. The molecule has 6 heteroatoms. The molecular weight excluding hydrogens is 227 g/mol. The molecule has 0 unspecified atom stereocenters. The van der Waals surface area contributed by atoms with Crippen molar-refractivity contribution in [2.45, 2.75) is 6.54 Å². The van der Waals surface area contributed by atoms with Gasteiger partial charge in [-0.3, -0.25) is 13.9 Å². The number of hydrogen-bond acceptors (Lipinski definition) is 3. The minimum atomic E-state index is -0.567. The Bertz CT molecular complexity index is 687. The zero-order valence-corrected chi connectivity index (χ0v) is 9.18. The molecule has 1 N–H and O–H groups in total. The van der Waals surface area contributed by atoms with Crippen molar-refractivity contribution in [1.29, 1.82) is 0 Å². The third-order valence-corrected chi connectivity index (χ3v) is 2.64. The normalized spacial score (nSPS) is 11.0. The topological polar surface area (TPSA) is 64.2 Å². The van der Waals surface area contributed by atoms with E-state index in [4.69, 9.17) is 5.11 Å². The largest absolute Gasteiger partial charge is 0.395 e. The smallest absolute Gasteiger partial charge is 0.331 e. The maximum Gasteiger partial charge on any atom is 0.331 e. The summed E-state index contributed by atoms with van der Waals surface area (Å²) in [6.45, 7) is -0.374. The van der Waals surface area contributed by atoms with Crippen LogP contribution in [0.1, 0.15) is 0 Å². The molecule has 2 rings (SSSR count). The third kappa shape index (κ3) is 1.76. The number of aliphatic hydroxyl groups excluding tert-OH is 1. The van der Waals surface area contributed by atoms with Gasteiger partial charge in [0.15, 0.2) is 0 Å². The fourth-order valence-electron chi connectivity index (χ4n) is 1.78. The van der Waals surface area contributed by atoms with Gasteiger partial charge in [-0.25, -0.2) is 9.18 Å². The quantitative estimate of drug-likeness (QED) is 0.790. The van der Waals surface area contributed by atoms with E-state index in [1.54, 1.807) is 0 Å². The summed E-state index contributed by atoms with van der Waals surface area (Å²) in [7, 11) is 1.46. The summed E-state index contributed by atoms with van der Waals surface area (Å²) in [5.74, 6) is -0.508. The zero-order valence-electron chi connectivity index (χ0n) is 9.18. The number of rotatable bonds is 2. The highest BCUT2D eigenvalue weighted by atomic mass is 19.1. The number of nitrogens with zero attached hydrogens (tertiary/aromatic N) is 2. The summed E-state index contributed by atoms with van der Waals surface area (Å²) in [4.78, 5) is 23.7. The average molecular weight is 238 g/mol. The van der Waals surface area contributed by atoms with Crippen LogP contribution < -0.4 is 11.2 Å². The van der Waals surface area contributed by atoms with Crippen LogP contribution in [-0.2, 0) is 13.6 Å². The van der Waals surface area contributed by atoms with E-state index in [0.29, 0.717) is 0 Å². The second-order valence-corrected chi connectivity index (χ2v) is 3.68. The Morgan fingerprint density at radius 1 is 1.35 bits per heavy atom. The minimum Gasteiger partial charge on any atom is -0.395 e. The lowest BCUT2D eigenvalue weighted by Crippen LogP contribution is -2.39. The van der Waals surface area contributed by atoms with Gasteiger partial charge in [-0.15, -0.1) is 0 Å². The highest BCUT2D eigenvalue weighted by Gasteiger charge is 2.10. The number of benzene rings is 1. The first-order valence-electron chi connectivity index (χ1n) is 5.06. The molecule has 0 aliphatic heterocycles. The van der Waals surface area contributed by atoms with Crippen molar-refractivity contribution in [3.05, 3.63) is 44.9 Å². The van der Waals surface area contributed by atoms with Gasteiger partial charge in [0.2, 0.25) is 0 Å². The van der Waals surface area contributed by atoms with Gasteiger partial charge in [0.1, 0.15) is 5.82 Å². The predicted molar refractivity (Wildman–Crippen MR) is 60.5 cm³/mol. The standard InChI is InChI=1S/C11H11FN2O3/c1-13-9-6-7(12)2-3-8(9)10(16)14(4-5-15)11(13)17/h2-3,6,15H,4-5H2,1H3. The molecule has 0 saturated heterocycles. The minimum absolute atomic E-state index is 0.0706. The van der Waals surface area contributed by atoms with E-state index >= 15 is 0 Å². The van der Waals surface area contributed by atoms with Crippen LogP contribution in [-0.4, -0.2) is 20.8 Å². The van der Waals surface area contributed by atoms with Gasteiger partial charge in [-0.1, -0.05) is 0 Å². The van der Waals surface area contributed by atoms with E-state index in [-0.39, 0.29) is 24.1 Å². The van der Waals surface area contributed by atoms with Crippen molar-refractivity contribution < 1.29 is 9.50 Å². The molecule has 0 spiro atoms. The molecule has 0 atom stereocenters. The van der Waals surface area contributed by atoms with Gasteiger partial charge in [0.25, 0.3) is 5.56 Å². The number of aliphatic hydroxyl groups is 1. The number of aromatic nitrogens is 2. The van der Waals surface area contributed by atoms with Crippen LogP contribution >= 0.6 is 0 Å². The van der Waals surface area contributed by atoms with E-state index in [2.05, 4.69) is 0 Å². The van der Waals surface area contributed by atoms with E-state index < -0.39 is 17.1 Å². The lowest BCUT2D eigenvalue weighted by molar-refractivity contribution is 0.271. The molecule has 0 fully saturated rings. The first-order chi connectivity index (χ1) is 8.06. The summed E-state index contributed by atoms with van der Waals surface area (Å²) < 4.78 is 15.2. The Morgan fingerprint density at radius 3 is 2.71 bits per heavy atom. The fraction of sp³-hybridized carbons (Fsp3) is 0.273. The van der Waals surface area contributed by atoms with Crippen molar-refractivity contribution >= 4 is 10.9 Å². The molecule has 1 aromatic heterocycles. The van der Waals surface area contributed by atoms with Crippen molar-refractivity contribution in [2.75, 3.05) is 6.61 Å². The number of aryl methyl sites for hydroxylation is 1. The number of hydrogen-bond donors (Lipinski definition) is 1. The van der Waals surface area contributed by atoms with Crippen LogP contribution in [0.4, 0.5) is 4.39 Å². The number of halogens is 1. The zero-order chi connectivity index (χ0) is 12.6. The molecule has 1 heterocycles. The van der Waals surface area contributed by atoms with Gasteiger partial charge in [0.05, 0.1) is 24.1 Å². The molecule has 2 aromatic rings. The molecule has 5 nitrogen and oxygen atoms in total. The summed E-state index contributed by atoms with van der Waals surface area (Å²) >= 11 is 0. The molecule has 0 saturated carbocycles. The molecule has 17 heavy (non-hydrogen) atoms. The Balaban J connectivity index is 2.95. The Kier molecular flexibility index (Phi) is 2.81. The lowest BCUT2D eigenvalue weighted by atomic mass is 10.2. The van der Waals surface area contributed by atoms with Crippen LogP contribution in [0.15, 0.2) is 27.8 Å². The monoisotopic (exact) mass is 238 g/mol. The van der Waals surface area contributed by atoms with Crippen molar-refractivity contribution in [2.24, 2.45) is 7.05 Å². The summed E-state index contributed by atoms with van der Waals surface area (Å²) in [5, 5.41) is 9.06. The molecule has 90 valence electrons. The third-order valence-electron chi connectivity index (χ3n) is 2.64. The van der Waals surface area contributed by atoms with Crippen LogP contribution in [0.2, 0.25) is 0 Å². The molecule has 0 amide bonds. The second kappa shape index (κ2) is 4.14. The van der Waals surface area contributed by atoms with Crippen molar-refractivity contribution in [1.82, 2.24) is 9.13 Å². The fourth-order valence-corrected chi connectivity index (χ4v) is 1.78. The van der Waals surface area contributed by atoms with Crippen LogP contribution in [0, 0.1) is 5.82 Å². The van der Waals surface area contributed by atoms with E-state index in [0.717, 1.165) is 16.7 Å². The average Bonchev–Trinajstić information content (AvgIpc) is 2.32. The number of fused-ring (bicyclic) bond motifs is 1. The van der Waals surface area contributed by atoms with E-state index in [9.17, 15) is 14.0 Å². The Hall–Kier alpha value is -1.95. The Labute approximate surface area is 95.3 Å². The first kappa shape index (κ1) is 11.5. The second-order valence-electron chi connectivity index (χ2n) is 3.68. The van der Waals surface area contributed by atoms with Crippen LogP contribution in [0.5, 0.6) is 0 Å². The van der Waals surface area contributed by atoms with Gasteiger partial charge >= 0.3 is 5.69 Å². The van der Waals surface area contributed by atoms with Crippen LogP contribution in [0.25, 0.3) is 10.9 Å². The highest BCUT2D eigenvalue weighted by Crippen LogP contribution is 2.09. The molecule has 0 bridgehead atoms. The highest BCUT2D eigenvalue weighted by molar-refractivity contribution is 5.77. The summed E-state index contributed by atoms with van der Waals surface area (Å²) in [5.41, 5.74) is -0.839. The van der Waals surface area contributed by atoms with E-state index in [1.807, 2.05) is 0 Å². The molecule has 0 radical (unpaired) electrons. The maximum absolute atomic E-state index is 13.1. The molecule has 0 aliphatic rings. The Morgan fingerprint density at radius 2 is 2.06 bits per heavy atom. The summed E-state index contributed by atoms with van der Waals surface area (Å²) in [6, 6.07) is 3.64. The first-order valence-corrected chi connectivity index (χ1v) is 5.06. The van der Waals surface area contributed by atoms with Gasteiger partial charge in [0, 0.05) is 7.05 Å². The van der Waals surface area contributed by atoms with Gasteiger partial charge in [-0.05, 0) is 18.2 Å². The molecular formula is C11H11FN2O3. The molecule has 0 aliphatic carbocycles. The maximum atomic E-state index is 13.1. The van der Waals surface area contributed by atoms with E-state index in [1.165, 1.54) is 17.7 Å². The van der Waals surface area contributed by atoms with Gasteiger partial charge in [-0.2, -0.15) is 0 Å². The van der Waals surface area contributed by atoms with Crippen LogP contribution in [0.3, 0.4) is 0 Å². The SMILES string of the molecule is Cn1c(=O)n(CCO)c(=O)c2ccc(F)cc21. The predicted octanol–water partition coefficient (Wildman–Crippen LogP) is -0.168. The van der Waals surface area contributed by atoms with Crippen molar-refractivity contribution in [3.63, 3.8) is 0 Å². The lowest BCUT2D eigenvalue weighted by Gasteiger charge is -2.09. The summed E-state index contributed by atoms with van der Waals surface area (Å²) in [6.07, 6.45) is 0.